The van der Waals surface area contributed by atoms with Crippen molar-refractivity contribution in [1.82, 2.24) is 5.32 Å². The molecule has 1 fully saturated rings. The van der Waals surface area contributed by atoms with Gasteiger partial charge in [-0.1, -0.05) is 38.5 Å². The van der Waals surface area contributed by atoms with Crippen LogP contribution in [0.25, 0.3) is 0 Å². The van der Waals surface area contributed by atoms with Crippen LogP contribution in [0.15, 0.2) is 24.3 Å². The summed E-state index contributed by atoms with van der Waals surface area (Å²) in [5, 5.41) is 2.96. The van der Waals surface area contributed by atoms with E-state index in [0.29, 0.717) is 17.8 Å². The Hall–Kier alpha value is -1.56. The van der Waals surface area contributed by atoms with Gasteiger partial charge in [-0.2, -0.15) is 0 Å². The number of hydrogen-bond acceptors (Lipinski definition) is 3. The van der Waals surface area contributed by atoms with Gasteiger partial charge in [-0.3, -0.25) is 9.52 Å². The molecular formula is C17H26N2O3S. The van der Waals surface area contributed by atoms with Crippen molar-refractivity contribution >= 4 is 21.6 Å². The van der Waals surface area contributed by atoms with E-state index in [1.165, 1.54) is 38.5 Å². The zero-order valence-corrected chi connectivity index (χ0v) is 14.5. The van der Waals surface area contributed by atoms with Gasteiger partial charge in [0.25, 0.3) is 5.91 Å². The van der Waals surface area contributed by atoms with Crippen molar-refractivity contribution in [1.29, 1.82) is 0 Å². The second-order valence-corrected chi connectivity index (χ2v) is 8.10. The van der Waals surface area contributed by atoms with Crippen LogP contribution in [-0.2, 0) is 10.0 Å². The molecule has 0 spiro atoms. The molecule has 0 aromatic heterocycles. The second-order valence-electron chi connectivity index (χ2n) is 6.35. The highest BCUT2D eigenvalue weighted by atomic mass is 32.2. The molecule has 128 valence electrons. The zero-order valence-electron chi connectivity index (χ0n) is 13.7. The van der Waals surface area contributed by atoms with Crippen LogP contribution in [0.2, 0.25) is 0 Å². The first kappa shape index (κ1) is 17.8. The monoisotopic (exact) mass is 338 g/mol. The molecule has 0 atom stereocenters. The molecule has 0 aliphatic heterocycles. The number of carbonyl (C=O) groups excluding carboxylic acids is 1. The molecule has 2 rings (SSSR count). The topological polar surface area (TPSA) is 75.3 Å². The van der Waals surface area contributed by atoms with Gasteiger partial charge in [0, 0.05) is 17.8 Å². The van der Waals surface area contributed by atoms with Crippen molar-refractivity contribution < 1.29 is 13.2 Å². The number of sulfonamides is 1. The molecule has 0 saturated heterocycles. The molecule has 0 radical (unpaired) electrons. The Morgan fingerprint density at radius 1 is 1.09 bits per heavy atom. The maximum absolute atomic E-state index is 12.1. The molecule has 2 N–H and O–H groups in total. The van der Waals surface area contributed by atoms with E-state index < -0.39 is 10.0 Å². The van der Waals surface area contributed by atoms with Crippen LogP contribution in [0.3, 0.4) is 0 Å². The molecule has 0 unspecified atom stereocenters. The number of amides is 1. The fourth-order valence-corrected chi connectivity index (χ4v) is 3.61. The van der Waals surface area contributed by atoms with Gasteiger partial charge in [0.05, 0.1) is 6.26 Å². The molecule has 23 heavy (non-hydrogen) atoms. The number of nitrogens with one attached hydrogen (secondary N) is 2. The Morgan fingerprint density at radius 3 is 2.26 bits per heavy atom. The third-order valence-electron chi connectivity index (χ3n) is 4.26. The van der Waals surface area contributed by atoms with Crippen molar-refractivity contribution in [2.45, 2.75) is 44.9 Å². The molecule has 1 aromatic carbocycles. The van der Waals surface area contributed by atoms with Crippen LogP contribution in [0.4, 0.5) is 5.69 Å². The van der Waals surface area contributed by atoms with Gasteiger partial charge in [0.1, 0.15) is 0 Å². The normalized spacial score (nSPS) is 16.6. The van der Waals surface area contributed by atoms with Gasteiger partial charge in [-0.15, -0.1) is 0 Å². The molecule has 0 bridgehead atoms. The number of rotatable bonds is 6. The van der Waals surface area contributed by atoms with Gasteiger partial charge in [-0.25, -0.2) is 8.42 Å². The average Bonchev–Trinajstić information content (AvgIpc) is 2.75. The molecule has 0 heterocycles. The van der Waals surface area contributed by atoms with Gasteiger partial charge in [-0.05, 0) is 36.6 Å². The molecule has 1 amide bonds. The van der Waals surface area contributed by atoms with Crippen molar-refractivity contribution in [3.8, 4) is 0 Å². The van der Waals surface area contributed by atoms with Crippen molar-refractivity contribution in [2.75, 3.05) is 17.5 Å². The zero-order chi connectivity index (χ0) is 16.7. The van der Waals surface area contributed by atoms with E-state index >= 15 is 0 Å². The Morgan fingerprint density at radius 2 is 1.70 bits per heavy atom. The quantitative estimate of drug-likeness (QED) is 0.782. The standard InChI is InChI=1S/C17H26N2O3S/c1-23(21,22)19-16-10-8-15(9-11-16)17(20)18-13-12-14-6-4-2-3-5-7-14/h8-11,14,19H,2-7,12-13H2,1H3,(H,18,20). The minimum atomic E-state index is -3.29. The first-order valence-corrected chi connectivity index (χ1v) is 10.2. The van der Waals surface area contributed by atoms with E-state index in [4.69, 9.17) is 0 Å². The van der Waals surface area contributed by atoms with Crippen LogP contribution in [-0.4, -0.2) is 27.1 Å². The van der Waals surface area contributed by atoms with E-state index in [2.05, 4.69) is 10.0 Å². The van der Waals surface area contributed by atoms with E-state index in [9.17, 15) is 13.2 Å². The van der Waals surface area contributed by atoms with Crippen molar-refractivity contribution in [3.05, 3.63) is 29.8 Å². The van der Waals surface area contributed by atoms with Crippen LogP contribution < -0.4 is 10.0 Å². The molecule has 1 aliphatic rings. The van der Waals surface area contributed by atoms with Gasteiger partial charge in [0.15, 0.2) is 0 Å². The SMILES string of the molecule is CS(=O)(=O)Nc1ccc(C(=O)NCCC2CCCCCC2)cc1. The summed E-state index contributed by atoms with van der Waals surface area (Å²) in [6.45, 7) is 0.701. The molecule has 6 heteroatoms. The minimum absolute atomic E-state index is 0.107. The highest BCUT2D eigenvalue weighted by molar-refractivity contribution is 7.92. The predicted molar refractivity (Wildman–Crippen MR) is 93.1 cm³/mol. The summed E-state index contributed by atoms with van der Waals surface area (Å²) in [6.07, 6.45) is 10.0. The van der Waals surface area contributed by atoms with Crippen LogP contribution >= 0.6 is 0 Å². The van der Waals surface area contributed by atoms with E-state index in [1.54, 1.807) is 24.3 Å². The lowest BCUT2D eigenvalue weighted by Gasteiger charge is -2.14. The van der Waals surface area contributed by atoms with Crippen molar-refractivity contribution in [2.24, 2.45) is 5.92 Å². The third-order valence-corrected chi connectivity index (χ3v) is 4.87. The van der Waals surface area contributed by atoms with Gasteiger partial charge < -0.3 is 5.32 Å². The summed E-state index contributed by atoms with van der Waals surface area (Å²) in [5.41, 5.74) is 1.01. The molecular weight excluding hydrogens is 312 g/mol. The largest absolute Gasteiger partial charge is 0.352 e. The fraction of sp³-hybridized carbons (Fsp3) is 0.588. The number of carbonyl (C=O) groups is 1. The molecule has 1 saturated carbocycles. The Labute approximate surface area is 138 Å². The van der Waals surface area contributed by atoms with Crippen LogP contribution in [0.1, 0.15) is 55.3 Å². The number of anilines is 1. The summed E-state index contributed by atoms with van der Waals surface area (Å²) in [6, 6.07) is 6.46. The summed E-state index contributed by atoms with van der Waals surface area (Å²) < 4.78 is 24.7. The predicted octanol–water partition coefficient (Wildman–Crippen LogP) is 3.15. The molecule has 1 aliphatic carbocycles. The van der Waals surface area contributed by atoms with E-state index in [-0.39, 0.29) is 5.91 Å². The fourth-order valence-electron chi connectivity index (χ4n) is 3.05. The van der Waals surface area contributed by atoms with Gasteiger partial charge >= 0.3 is 0 Å². The highest BCUT2D eigenvalue weighted by Crippen LogP contribution is 2.24. The first-order chi connectivity index (χ1) is 10.9. The Balaban J connectivity index is 1.78. The van der Waals surface area contributed by atoms with E-state index in [0.717, 1.165) is 18.6 Å². The minimum Gasteiger partial charge on any atom is -0.352 e. The second kappa shape index (κ2) is 8.34. The highest BCUT2D eigenvalue weighted by Gasteiger charge is 2.13. The van der Waals surface area contributed by atoms with Crippen molar-refractivity contribution in [3.63, 3.8) is 0 Å². The van der Waals surface area contributed by atoms with Crippen LogP contribution in [0, 0.1) is 5.92 Å². The molecule has 1 aromatic rings. The average molecular weight is 338 g/mol. The summed E-state index contributed by atoms with van der Waals surface area (Å²) in [4.78, 5) is 12.1. The summed E-state index contributed by atoms with van der Waals surface area (Å²) >= 11 is 0. The maximum Gasteiger partial charge on any atom is 0.251 e. The number of benzene rings is 1. The van der Waals surface area contributed by atoms with Crippen LogP contribution in [0.5, 0.6) is 0 Å². The smallest absolute Gasteiger partial charge is 0.251 e. The maximum atomic E-state index is 12.1. The Bertz CT molecular complexity index is 603. The third kappa shape index (κ3) is 6.60. The molecule has 5 nitrogen and oxygen atoms in total. The lowest BCUT2D eigenvalue weighted by atomic mass is 9.97. The van der Waals surface area contributed by atoms with Gasteiger partial charge in [0.2, 0.25) is 10.0 Å². The van der Waals surface area contributed by atoms with E-state index in [1.807, 2.05) is 0 Å². The first-order valence-electron chi connectivity index (χ1n) is 8.30. The lowest BCUT2D eigenvalue weighted by molar-refractivity contribution is 0.0951. The Kier molecular flexibility index (Phi) is 6.45. The summed E-state index contributed by atoms with van der Waals surface area (Å²) in [7, 11) is -3.29. The number of hydrogen-bond donors (Lipinski definition) is 2. The summed E-state index contributed by atoms with van der Waals surface area (Å²) in [5.74, 6) is 0.628. The lowest BCUT2D eigenvalue weighted by Crippen LogP contribution is -2.26.